The summed E-state index contributed by atoms with van der Waals surface area (Å²) >= 11 is 0. The second kappa shape index (κ2) is 10.4. The third kappa shape index (κ3) is 5.91. The van der Waals surface area contributed by atoms with Crippen molar-refractivity contribution in [2.75, 3.05) is 26.2 Å². The predicted molar refractivity (Wildman–Crippen MR) is 124 cm³/mol. The zero-order chi connectivity index (χ0) is 23.3. The van der Waals surface area contributed by atoms with E-state index in [1.165, 1.54) is 16.0 Å². The van der Waals surface area contributed by atoms with Crippen LogP contribution in [0.5, 0.6) is 0 Å². The number of amides is 2. The molecule has 2 aromatic rings. The van der Waals surface area contributed by atoms with Gasteiger partial charge in [0, 0.05) is 43.5 Å². The van der Waals surface area contributed by atoms with Crippen molar-refractivity contribution >= 4 is 27.9 Å². The van der Waals surface area contributed by atoms with Gasteiger partial charge in [-0.3, -0.25) is 9.59 Å². The lowest BCUT2D eigenvalue weighted by molar-refractivity contribution is -0.127. The average molecular weight is 472 g/mol. The lowest BCUT2D eigenvalue weighted by atomic mass is 9.96. The molecule has 0 aliphatic carbocycles. The van der Waals surface area contributed by atoms with Gasteiger partial charge in [-0.2, -0.15) is 4.31 Å². The molecule has 2 saturated heterocycles. The summed E-state index contributed by atoms with van der Waals surface area (Å²) in [6.07, 6.45) is 5.46. The van der Waals surface area contributed by atoms with Gasteiger partial charge in [-0.1, -0.05) is 30.3 Å². The van der Waals surface area contributed by atoms with Crippen molar-refractivity contribution in [3.63, 3.8) is 0 Å². The molecule has 0 radical (unpaired) electrons. The Bertz CT molecular complexity index is 1070. The fraction of sp³-hybridized carbons (Fsp3) is 0.417. The summed E-state index contributed by atoms with van der Waals surface area (Å²) in [6.45, 7) is 1.79. The molecular formula is C24H29N3O5S. The highest BCUT2D eigenvalue weighted by atomic mass is 32.2. The van der Waals surface area contributed by atoms with E-state index in [0.29, 0.717) is 57.6 Å². The molecule has 1 aromatic heterocycles. The summed E-state index contributed by atoms with van der Waals surface area (Å²) in [5.74, 6) is -0.0162. The standard InChI is InChI=1S/C24H29N3O5S/c28-23(25-21-10-13-26(14-11-21)24(29)22-7-4-17-32-22)20-8-15-27(16-9-20)33(30,31)18-12-19-5-2-1-3-6-19/h1-7,12,17-18,20-21H,8-11,13-16H2,(H,25,28)/b18-12+. The molecule has 9 heteroatoms. The summed E-state index contributed by atoms with van der Waals surface area (Å²) in [5, 5.41) is 4.34. The van der Waals surface area contributed by atoms with Crippen LogP contribution in [0.25, 0.3) is 6.08 Å². The minimum Gasteiger partial charge on any atom is -0.459 e. The number of benzene rings is 1. The molecule has 0 saturated carbocycles. The second-order valence-electron chi connectivity index (χ2n) is 8.48. The van der Waals surface area contributed by atoms with E-state index in [2.05, 4.69) is 5.32 Å². The van der Waals surface area contributed by atoms with Gasteiger partial charge in [0.05, 0.1) is 6.26 Å². The van der Waals surface area contributed by atoms with Crippen LogP contribution in [0.4, 0.5) is 0 Å². The van der Waals surface area contributed by atoms with Crippen molar-refractivity contribution in [3.8, 4) is 0 Å². The Morgan fingerprint density at radius 3 is 2.27 bits per heavy atom. The summed E-state index contributed by atoms with van der Waals surface area (Å²) in [6, 6.07) is 12.7. The van der Waals surface area contributed by atoms with Gasteiger partial charge >= 0.3 is 0 Å². The van der Waals surface area contributed by atoms with Crippen LogP contribution in [0.2, 0.25) is 0 Å². The number of furan rings is 1. The zero-order valence-corrected chi connectivity index (χ0v) is 19.2. The minimum absolute atomic E-state index is 0.0220. The fourth-order valence-corrected chi connectivity index (χ4v) is 5.51. The van der Waals surface area contributed by atoms with Crippen LogP contribution in [0, 0.1) is 5.92 Å². The molecule has 0 spiro atoms. The van der Waals surface area contributed by atoms with E-state index in [-0.39, 0.29) is 23.8 Å². The van der Waals surface area contributed by atoms with Gasteiger partial charge in [0.2, 0.25) is 15.9 Å². The molecule has 3 heterocycles. The maximum Gasteiger partial charge on any atom is 0.289 e. The number of carbonyl (C=O) groups excluding carboxylic acids is 2. The van der Waals surface area contributed by atoms with Crippen molar-refractivity contribution in [1.29, 1.82) is 0 Å². The number of hydrogen-bond acceptors (Lipinski definition) is 5. The van der Waals surface area contributed by atoms with Crippen LogP contribution in [0.1, 0.15) is 41.8 Å². The van der Waals surface area contributed by atoms with Gasteiger partial charge in [-0.25, -0.2) is 8.42 Å². The highest BCUT2D eigenvalue weighted by molar-refractivity contribution is 7.92. The van der Waals surface area contributed by atoms with Gasteiger partial charge < -0.3 is 14.6 Å². The molecule has 176 valence electrons. The Kier molecular flexibility index (Phi) is 7.29. The van der Waals surface area contributed by atoms with Crippen LogP contribution < -0.4 is 5.32 Å². The highest BCUT2D eigenvalue weighted by Gasteiger charge is 2.32. The van der Waals surface area contributed by atoms with Gasteiger partial charge in [0.15, 0.2) is 5.76 Å². The quantitative estimate of drug-likeness (QED) is 0.698. The van der Waals surface area contributed by atoms with E-state index in [1.807, 2.05) is 30.3 Å². The van der Waals surface area contributed by atoms with E-state index >= 15 is 0 Å². The number of carbonyl (C=O) groups is 2. The SMILES string of the molecule is O=C(NC1CCN(C(=O)c2ccco2)CC1)C1CCN(S(=O)(=O)/C=C/c2ccccc2)CC1. The smallest absolute Gasteiger partial charge is 0.289 e. The Morgan fingerprint density at radius 2 is 1.64 bits per heavy atom. The molecule has 2 amide bonds. The Balaban J connectivity index is 1.22. The molecule has 0 unspecified atom stereocenters. The first kappa shape index (κ1) is 23.3. The normalized spacial score (nSPS) is 19.1. The van der Waals surface area contributed by atoms with Crippen LogP contribution in [0.15, 0.2) is 58.6 Å². The van der Waals surface area contributed by atoms with Crippen LogP contribution >= 0.6 is 0 Å². The van der Waals surface area contributed by atoms with Gasteiger partial charge in [0.25, 0.3) is 5.91 Å². The molecular weight excluding hydrogens is 442 g/mol. The zero-order valence-electron chi connectivity index (χ0n) is 18.4. The number of piperidine rings is 2. The monoisotopic (exact) mass is 471 g/mol. The molecule has 2 aliphatic heterocycles. The van der Waals surface area contributed by atoms with Crippen molar-refractivity contribution in [1.82, 2.24) is 14.5 Å². The number of sulfonamides is 1. The van der Waals surface area contributed by atoms with E-state index < -0.39 is 10.0 Å². The van der Waals surface area contributed by atoms with E-state index in [9.17, 15) is 18.0 Å². The van der Waals surface area contributed by atoms with E-state index in [4.69, 9.17) is 4.42 Å². The number of hydrogen-bond donors (Lipinski definition) is 1. The predicted octanol–water partition coefficient (Wildman–Crippen LogP) is 2.71. The summed E-state index contributed by atoms with van der Waals surface area (Å²) in [7, 11) is -3.51. The molecule has 8 nitrogen and oxygen atoms in total. The highest BCUT2D eigenvalue weighted by Crippen LogP contribution is 2.22. The van der Waals surface area contributed by atoms with E-state index in [0.717, 1.165) is 5.56 Å². The fourth-order valence-electron chi connectivity index (χ4n) is 4.29. The lowest BCUT2D eigenvalue weighted by Crippen LogP contribution is -2.49. The first-order valence-electron chi connectivity index (χ1n) is 11.3. The minimum atomic E-state index is -3.51. The van der Waals surface area contributed by atoms with Crippen molar-refractivity contribution < 1.29 is 22.4 Å². The molecule has 2 aliphatic rings. The Hall–Kier alpha value is -2.91. The van der Waals surface area contributed by atoms with E-state index in [1.54, 1.807) is 23.1 Å². The maximum absolute atomic E-state index is 12.7. The van der Waals surface area contributed by atoms with Gasteiger partial charge in [0.1, 0.15) is 0 Å². The topological polar surface area (TPSA) is 99.9 Å². The third-order valence-corrected chi connectivity index (χ3v) is 7.84. The van der Waals surface area contributed by atoms with Crippen molar-refractivity contribution in [2.45, 2.75) is 31.7 Å². The number of rotatable bonds is 6. The molecule has 0 bridgehead atoms. The second-order valence-corrected chi connectivity index (χ2v) is 10.3. The summed E-state index contributed by atoms with van der Waals surface area (Å²) in [4.78, 5) is 26.9. The van der Waals surface area contributed by atoms with Crippen LogP contribution in [-0.4, -0.2) is 61.7 Å². The van der Waals surface area contributed by atoms with Crippen molar-refractivity contribution in [2.24, 2.45) is 5.92 Å². The molecule has 33 heavy (non-hydrogen) atoms. The molecule has 4 rings (SSSR count). The molecule has 1 aromatic carbocycles. The van der Waals surface area contributed by atoms with Crippen molar-refractivity contribution in [3.05, 3.63) is 65.5 Å². The van der Waals surface area contributed by atoms with Crippen LogP contribution in [-0.2, 0) is 14.8 Å². The first-order valence-corrected chi connectivity index (χ1v) is 12.8. The number of likely N-dealkylation sites (tertiary alicyclic amines) is 1. The largest absolute Gasteiger partial charge is 0.459 e. The van der Waals surface area contributed by atoms with Gasteiger partial charge in [-0.15, -0.1) is 0 Å². The summed E-state index contributed by atoms with van der Waals surface area (Å²) < 4.78 is 31.9. The number of nitrogens with one attached hydrogen (secondary N) is 1. The Morgan fingerprint density at radius 1 is 0.939 bits per heavy atom. The molecule has 2 fully saturated rings. The first-order chi connectivity index (χ1) is 15.9. The van der Waals surface area contributed by atoms with Gasteiger partial charge in [-0.05, 0) is 49.5 Å². The summed E-state index contributed by atoms with van der Waals surface area (Å²) in [5.41, 5.74) is 0.826. The third-order valence-electron chi connectivity index (χ3n) is 6.28. The average Bonchev–Trinajstić information content (AvgIpc) is 3.39. The molecule has 1 N–H and O–H groups in total. The van der Waals surface area contributed by atoms with Crippen LogP contribution in [0.3, 0.4) is 0 Å². The maximum atomic E-state index is 12.7. The Labute approximate surface area is 194 Å². The lowest BCUT2D eigenvalue weighted by Gasteiger charge is -2.34. The molecule has 0 atom stereocenters. The number of nitrogens with zero attached hydrogens (tertiary/aromatic N) is 2.